The van der Waals surface area contributed by atoms with E-state index in [1.807, 2.05) is 30.5 Å². The van der Waals surface area contributed by atoms with Crippen molar-refractivity contribution >= 4 is 39.9 Å². The van der Waals surface area contributed by atoms with Crippen molar-refractivity contribution in [2.45, 2.75) is 32.6 Å². The van der Waals surface area contributed by atoms with Crippen LogP contribution in [0.4, 0.5) is 5.13 Å². The first-order valence-corrected chi connectivity index (χ1v) is 9.00. The van der Waals surface area contributed by atoms with E-state index in [0.29, 0.717) is 22.3 Å². The number of nitrogens with one attached hydrogen (secondary N) is 1. The fraction of sp³-hybridized carbons (Fsp3) is 0.353. The summed E-state index contributed by atoms with van der Waals surface area (Å²) in [6.45, 7) is 2.01. The third kappa shape index (κ3) is 5.04. The van der Waals surface area contributed by atoms with Crippen molar-refractivity contribution in [2.75, 3.05) is 5.32 Å². The second-order valence-electron chi connectivity index (χ2n) is 5.44. The van der Waals surface area contributed by atoms with Gasteiger partial charge in [0.05, 0.1) is 12.1 Å². The van der Waals surface area contributed by atoms with Crippen molar-refractivity contribution in [3.63, 3.8) is 0 Å². The molecule has 0 aliphatic rings. The van der Waals surface area contributed by atoms with Crippen molar-refractivity contribution in [2.24, 2.45) is 5.92 Å². The molecule has 128 valence electrons. The Morgan fingerprint density at radius 2 is 2.12 bits per heavy atom. The van der Waals surface area contributed by atoms with E-state index in [9.17, 15) is 9.59 Å². The highest BCUT2D eigenvalue weighted by Crippen LogP contribution is 2.30. The van der Waals surface area contributed by atoms with Gasteiger partial charge in [0.1, 0.15) is 0 Å². The summed E-state index contributed by atoms with van der Waals surface area (Å²) in [5, 5.41) is 14.6. The molecule has 2 N–H and O–H groups in total. The van der Waals surface area contributed by atoms with Crippen LogP contribution in [0.15, 0.2) is 29.6 Å². The molecule has 0 aliphatic carbocycles. The van der Waals surface area contributed by atoms with Crippen LogP contribution in [0.5, 0.6) is 0 Å². The summed E-state index contributed by atoms with van der Waals surface area (Å²) in [7, 11) is 0. The molecule has 0 fully saturated rings. The zero-order chi connectivity index (χ0) is 17.5. The van der Waals surface area contributed by atoms with Gasteiger partial charge in [0.15, 0.2) is 5.13 Å². The molecule has 2 rings (SSSR count). The van der Waals surface area contributed by atoms with Gasteiger partial charge in [-0.05, 0) is 12.5 Å². The minimum atomic E-state index is -0.970. The first-order chi connectivity index (χ1) is 11.5. The van der Waals surface area contributed by atoms with Gasteiger partial charge in [-0.3, -0.25) is 9.59 Å². The molecule has 5 nitrogen and oxygen atoms in total. The molecule has 1 heterocycles. The van der Waals surface area contributed by atoms with Crippen LogP contribution in [-0.4, -0.2) is 22.0 Å². The highest BCUT2D eigenvalue weighted by molar-refractivity contribution is 7.14. The van der Waals surface area contributed by atoms with E-state index in [1.165, 1.54) is 11.3 Å². The number of anilines is 1. The number of carboxylic acid groups (broad SMARTS) is 1. The van der Waals surface area contributed by atoms with Gasteiger partial charge >= 0.3 is 5.97 Å². The zero-order valence-corrected chi connectivity index (χ0v) is 14.9. The number of rotatable bonds is 8. The van der Waals surface area contributed by atoms with Gasteiger partial charge in [0.25, 0.3) is 0 Å². The van der Waals surface area contributed by atoms with Gasteiger partial charge in [-0.15, -0.1) is 11.3 Å². The van der Waals surface area contributed by atoms with Crippen LogP contribution in [0.1, 0.15) is 32.6 Å². The quantitative estimate of drug-likeness (QED) is 0.710. The monoisotopic (exact) mass is 366 g/mol. The van der Waals surface area contributed by atoms with E-state index >= 15 is 0 Å². The van der Waals surface area contributed by atoms with E-state index in [0.717, 1.165) is 18.4 Å². The molecule has 1 aromatic heterocycles. The van der Waals surface area contributed by atoms with Crippen LogP contribution in [0.3, 0.4) is 0 Å². The average Bonchev–Trinajstić information content (AvgIpc) is 2.99. The van der Waals surface area contributed by atoms with Gasteiger partial charge in [-0.1, -0.05) is 49.6 Å². The Morgan fingerprint density at radius 1 is 1.38 bits per heavy atom. The Hall–Kier alpha value is -1.92. The molecule has 0 spiro atoms. The third-order valence-corrected chi connectivity index (χ3v) is 4.67. The predicted molar refractivity (Wildman–Crippen MR) is 96.5 cm³/mol. The van der Waals surface area contributed by atoms with Gasteiger partial charge in [0, 0.05) is 21.9 Å². The largest absolute Gasteiger partial charge is 0.481 e. The number of carbonyl (C=O) groups excluding carboxylic acids is 1. The lowest BCUT2D eigenvalue weighted by atomic mass is 9.98. The molecular weight excluding hydrogens is 348 g/mol. The molecule has 0 aliphatic heterocycles. The lowest BCUT2D eigenvalue weighted by molar-refractivity contribution is -0.140. The van der Waals surface area contributed by atoms with Crippen molar-refractivity contribution in [3.05, 3.63) is 34.7 Å². The first-order valence-electron chi connectivity index (χ1n) is 7.74. The summed E-state index contributed by atoms with van der Waals surface area (Å²) in [6.07, 6.45) is 2.11. The Bertz CT molecular complexity index is 717. The maximum atomic E-state index is 12.3. The van der Waals surface area contributed by atoms with Crippen molar-refractivity contribution in [1.29, 1.82) is 0 Å². The van der Waals surface area contributed by atoms with Gasteiger partial charge in [-0.2, -0.15) is 0 Å². The summed E-state index contributed by atoms with van der Waals surface area (Å²) in [5.41, 5.74) is 1.48. The Balaban J connectivity index is 2.08. The van der Waals surface area contributed by atoms with E-state index in [-0.39, 0.29) is 12.3 Å². The number of hydrogen-bond donors (Lipinski definition) is 2. The Kier molecular flexibility index (Phi) is 6.75. The standard InChI is InChI=1S/C17H19ClN2O3S/c1-2-3-6-11(9-15(21)22)16(23)20-17-19-14(10-24-17)12-7-4-5-8-13(12)18/h4-5,7-8,10-11H,2-3,6,9H2,1H3,(H,21,22)(H,19,20,23)/t11-/m0/s1. The van der Waals surface area contributed by atoms with Gasteiger partial charge < -0.3 is 10.4 Å². The SMILES string of the molecule is CCCC[C@@H](CC(=O)O)C(=O)Nc1nc(-c2ccccc2Cl)cs1. The molecular formula is C17H19ClN2O3S. The fourth-order valence-electron chi connectivity index (χ4n) is 2.32. The lowest BCUT2D eigenvalue weighted by Gasteiger charge is -2.13. The zero-order valence-electron chi connectivity index (χ0n) is 13.3. The smallest absolute Gasteiger partial charge is 0.304 e. The topological polar surface area (TPSA) is 79.3 Å². The fourth-order valence-corrected chi connectivity index (χ4v) is 3.26. The third-order valence-electron chi connectivity index (χ3n) is 3.58. The molecule has 1 amide bonds. The van der Waals surface area contributed by atoms with Crippen molar-refractivity contribution < 1.29 is 14.7 Å². The number of aromatic nitrogens is 1. The summed E-state index contributed by atoms with van der Waals surface area (Å²) in [6, 6.07) is 7.34. The van der Waals surface area contributed by atoms with Crippen LogP contribution in [0.2, 0.25) is 5.02 Å². The van der Waals surface area contributed by atoms with Gasteiger partial charge in [-0.25, -0.2) is 4.98 Å². The molecule has 0 saturated heterocycles. The second-order valence-corrected chi connectivity index (χ2v) is 6.71. The Labute approximate surface area is 149 Å². The number of unbranched alkanes of at least 4 members (excludes halogenated alkanes) is 1. The van der Waals surface area contributed by atoms with Crippen LogP contribution in [-0.2, 0) is 9.59 Å². The number of benzene rings is 1. The first kappa shape index (κ1) is 18.4. The Morgan fingerprint density at radius 3 is 2.79 bits per heavy atom. The number of hydrogen-bond acceptors (Lipinski definition) is 4. The highest BCUT2D eigenvalue weighted by atomic mass is 35.5. The number of carbonyl (C=O) groups is 2. The van der Waals surface area contributed by atoms with Crippen LogP contribution in [0, 0.1) is 5.92 Å². The van der Waals surface area contributed by atoms with E-state index in [2.05, 4.69) is 10.3 Å². The molecule has 2 aromatic rings. The minimum absolute atomic E-state index is 0.172. The molecule has 0 bridgehead atoms. The maximum Gasteiger partial charge on any atom is 0.304 e. The lowest BCUT2D eigenvalue weighted by Crippen LogP contribution is -2.25. The molecule has 0 unspecified atom stereocenters. The van der Waals surface area contributed by atoms with Crippen molar-refractivity contribution in [3.8, 4) is 11.3 Å². The average molecular weight is 367 g/mol. The van der Waals surface area contributed by atoms with Crippen LogP contribution >= 0.6 is 22.9 Å². The van der Waals surface area contributed by atoms with Crippen LogP contribution in [0.25, 0.3) is 11.3 Å². The number of nitrogens with zero attached hydrogens (tertiary/aromatic N) is 1. The molecule has 24 heavy (non-hydrogen) atoms. The van der Waals surface area contributed by atoms with E-state index in [4.69, 9.17) is 16.7 Å². The number of thiazole rings is 1. The number of aliphatic carboxylic acids is 1. The summed E-state index contributed by atoms with van der Waals surface area (Å²) >= 11 is 7.44. The molecule has 0 radical (unpaired) electrons. The molecule has 7 heteroatoms. The highest BCUT2D eigenvalue weighted by Gasteiger charge is 2.22. The number of halogens is 1. The summed E-state index contributed by atoms with van der Waals surface area (Å²) < 4.78 is 0. The molecule has 1 atom stereocenters. The summed E-state index contributed by atoms with van der Waals surface area (Å²) in [4.78, 5) is 27.7. The number of carboxylic acids is 1. The maximum absolute atomic E-state index is 12.3. The second kappa shape index (κ2) is 8.80. The normalized spacial score (nSPS) is 11.9. The van der Waals surface area contributed by atoms with Gasteiger partial charge in [0.2, 0.25) is 5.91 Å². The predicted octanol–water partition coefficient (Wildman–Crippen LogP) is 4.68. The van der Waals surface area contributed by atoms with Crippen LogP contribution < -0.4 is 5.32 Å². The van der Waals surface area contributed by atoms with E-state index < -0.39 is 11.9 Å². The van der Waals surface area contributed by atoms with E-state index in [1.54, 1.807) is 6.07 Å². The molecule has 1 aromatic carbocycles. The minimum Gasteiger partial charge on any atom is -0.481 e. The summed E-state index contributed by atoms with van der Waals surface area (Å²) in [5.74, 6) is -1.82. The van der Waals surface area contributed by atoms with Crippen molar-refractivity contribution in [1.82, 2.24) is 4.98 Å². The number of amides is 1. The molecule has 0 saturated carbocycles.